The second-order valence-electron chi connectivity index (χ2n) is 5.76. The second kappa shape index (κ2) is 6.67. The first-order chi connectivity index (χ1) is 9.90. The van der Waals surface area contributed by atoms with E-state index in [-0.39, 0.29) is 0 Å². The molecule has 1 aliphatic rings. The highest BCUT2D eigenvalue weighted by atomic mass is 15.1. The van der Waals surface area contributed by atoms with Gasteiger partial charge in [0, 0.05) is 18.9 Å². The SMILES string of the molecule is c1ccc(CC2CCN(Cc3ccncc3)CC2)cc1. The van der Waals surface area contributed by atoms with Crippen LogP contribution in [0.25, 0.3) is 0 Å². The van der Waals surface area contributed by atoms with Crippen molar-refractivity contribution in [3.05, 3.63) is 66.0 Å². The highest BCUT2D eigenvalue weighted by molar-refractivity contribution is 5.15. The molecule has 0 bridgehead atoms. The fourth-order valence-electron chi connectivity index (χ4n) is 3.04. The number of benzene rings is 1. The molecule has 2 nitrogen and oxygen atoms in total. The maximum absolute atomic E-state index is 4.08. The molecule has 2 aromatic rings. The van der Waals surface area contributed by atoms with Crippen molar-refractivity contribution in [2.45, 2.75) is 25.8 Å². The Kier molecular flexibility index (Phi) is 4.44. The summed E-state index contributed by atoms with van der Waals surface area (Å²) in [6.45, 7) is 3.51. The number of pyridine rings is 1. The highest BCUT2D eigenvalue weighted by Gasteiger charge is 2.19. The third-order valence-corrected chi connectivity index (χ3v) is 4.23. The maximum Gasteiger partial charge on any atom is 0.0271 e. The molecule has 1 aromatic carbocycles. The van der Waals surface area contributed by atoms with Crippen LogP contribution in [0, 0.1) is 5.92 Å². The van der Waals surface area contributed by atoms with E-state index in [0.717, 1.165) is 12.5 Å². The van der Waals surface area contributed by atoms with E-state index in [4.69, 9.17) is 0 Å². The van der Waals surface area contributed by atoms with E-state index in [1.54, 1.807) is 0 Å². The van der Waals surface area contributed by atoms with Crippen LogP contribution in [0.4, 0.5) is 0 Å². The van der Waals surface area contributed by atoms with Gasteiger partial charge >= 0.3 is 0 Å². The van der Waals surface area contributed by atoms with Gasteiger partial charge in [0.05, 0.1) is 0 Å². The maximum atomic E-state index is 4.08. The molecule has 0 unspecified atom stereocenters. The van der Waals surface area contributed by atoms with Gasteiger partial charge in [-0.2, -0.15) is 0 Å². The minimum Gasteiger partial charge on any atom is -0.299 e. The summed E-state index contributed by atoms with van der Waals surface area (Å²) in [6, 6.07) is 15.1. The molecular formula is C18H22N2. The Labute approximate surface area is 121 Å². The molecule has 1 fully saturated rings. The molecular weight excluding hydrogens is 244 g/mol. The summed E-state index contributed by atoms with van der Waals surface area (Å²) in [7, 11) is 0. The van der Waals surface area contributed by atoms with E-state index in [1.165, 1.54) is 43.5 Å². The molecule has 0 saturated carbocycles. The lowest BCUT2D eigenvalue weighted by Crippen LogP contribution is -2.33. The Hall–Kier alpha value is -1.67. The molecule has 0 spiro atoms. The third kappa shape index (κ3) is 3.67. The van der Waals surface area contributed by atoms with Gasteiger partial charge in [0.2, 0.25) is 0 Å². The van der Waals surface area contributed by atoms with Gasteiger partial charge in [0.25, 0.3) is 0 Å². The first-order valence-corrected chi connectivity index (χ1v) is 7.55. The molecule has 20 heavy (non-hydrogen) atoms. The highest BCUT2D eigenvalue weighted by Crippen LogP contribution is 2.22. The van der Waals surface area contributed by atoms with Gasteiger partial charge in [-0.15, -0.1) is 0 Å². The Morgan fingerprint density at radius 2 is 1.60 bits per heavy atom. The smallest absolute Gasteiger partial charge is 0.0271 e. The molecule has 1 aliphatic heterocycles. The predicted octanol–water partition coefficient (Wildman–Crippen LogP) is 3.54. The van der Waals surface area contributed by atoms with Crippen molar-refractivity contribution in [2.24, 2.45) is 5.92 Å². The third-order valence-electron chi connectivity index (χ3n) is 4.23. The van der Waals surface area contributed by atoms with E-state index in [2.05, 4.69) is 52.3 Å². The van der Waals surface area contributed by atoms with Crippen molar-refractivity contribution in [3.63, 3.8) is 0 Å². The van der Waals surface area contributed by atoms with Crippen LogP contribution in [0.1, 0.15) is 24.0 Å². The number of likely N-dealkylation sites (tertiary alicyclic amines) is 1. The lowest BCUT2D eigenvalue weighted by Gasteiger charge is -2.32. The van der Waals surface area contributed by atoms with Gasteiger partial charge in [-0.3, -0.25) is 9.88 Å². The zero-order valence-corrected chi connectivity index (χ0v) is 11.9. The lowest BCUT2D eigenvalue weighted by atomic mass is 9.90. The molecule has 104 valence electrons. The van der Waals surface area contributed by atoms with Crippen LogP contribution in [-0.2, 0) is 13.0 Å². The van der Waals surface area contributed by atoms with E-state index >= 15 is 0 Å². The van der Waals surface area contributed by atoms with Crippen LogP contribution < -0.4 is 0 Å². The Bertz CT molecular complexity index is 452. The second-order valence-corrected chi connectivity index (χ2v) is 5.76. The number of nitrogens with zero attached hydrogens (tertiary/aromatic N) is 2. The van der Waals surface area contributed by atoms with Crippen LogP contribution in [0.3, 0.4) is 0 Å². The first-order valence-electron chi connectivity index (χ1n) is 7.55. The van der Waals surface area contributed by atoms with E-state index in [0.29, 0.717) is 0 Å². The van der Waals surface area contributed by atoms with Crippen LogP contribution in [0.2, 0.25) is 0 Å². The van der Waals surface area contributed by atoms with Gasteiger partial charge in [0.15, 0.2) is 0 Å². The number of rotatable bonds is 4. The number of aromatic nitrogens is 1. The average Bonchev–Trinajstić information content (AvgIpc) is 2.51. The largest absolute Gasteiger partial charge is 0.299 e. The van der Waals surface area contributed by atoms with Crippen molar-refractivity contribution in [3.8, 4) is 0 Å². The van der Waals surface area contributed by atoms with Crippen molar-refractivity contribution in [2.75, 3.05) is 13.1 Å². The Balaban J connectivity index is 1.47. The molecule has 1 saturated heterocycles. The zero-order chi connectivity index (χ0) is 13.6. The van der Waals surface area contributed by atoms with E-state index < -0.39 is 0 Å². The van der Waals surface area contributed by atoms with Crippen LogP contribution in [-0.4, -0.2) is 23.0 Å². The number of piperidine rings is 1. The fourth-order valence-corrected chi connectivity index (χ4v) is 3.04. The van der Waals surface area contributed by atoms with E-state index in [1.807, 2.05) is 12.4 Å². The Morgan fingerprint density at radius 1 is 0.900 bits per heavy atom. The van der Waals surface area contributed by atoms with Gasteiger partial charge < -0.3 is 0 Å². The Morgan fingerprint density at radius 3 is 2.30 bits per heavy atom. The van der Waals surface area contributed by atoms with Gasteiger partial charge in [-0.05, 0) is 61.5 Å². The van der Waals surface area contributed by atoms with E-state index in [9.17, 15) is 0 Å². The van der Waals surface area contributed by atoms with Crippen molar-refractivity contribution < 1.29 is 0 Å². The van der Waals surface area contributed by atoms with Gasteiger partial charge in [-0.1, -0.05) is 30.3 Å². The monoisotopic (exact) mass is 266 g/mol. The normalized spacial score (nSPS) is 17.2. The summed E-state index contributed by atoms with van der Waals surface area (Å²) in [5, 5.41) is 0. The average molecular weight is 266 g/mol. The van der Waals surface area contributed by atoms with Crippen LogP contribution in [0.5, 0.6) is 0 Å². The molecule has 0 atom stereocenters. The first kappa shape index (κ1) is 13.3. The molecule has 0 N–H and O–H groups in total. The number of hydrogen-bond donors (Lipinski definition) is 0. The summed E-state index contributed by atoms with van der Waals surface area (Å²) >= 11 is 0. The van der Waals surface area contributed by atoms with Gasteiger partial charge in [0.1, 0.15) is 0 Å². The standard InChI is InChI=1S/C18H22N2/c1-2-4-16(5-3-1)14-17-8-12-20(13-9-17)15-18-6-10-19-11-7-18/h1-7,10-11,17H,8-9,12-15H2. The molecule has 2 heteroatoms. The fraction of sp³-hybridized carbons (Fsp3) is 0.389. The lowest BCUT2D eigenvalue weighted by molar-refractivity contribution is 0.177. The van der Waals surface area contributed by atoms with Crippen LogP contribution in [0.15, 0.2) is 54.9 Å². The van der Waals surface area contributed by atoms with Crippen LogP contribution >= 0.6 is 0 Å². The van der Waals surface area contributed by atoms with Crippen molar-refractivity contribution >= 4 is 0 Å². The molecule has 0 amide bonds. The minimum absolute atomic E-state index is 0.853. The molecule has 0 aliphatic carbocycles. The quantitative estimate of drug-likeness (QED) is 0.841. The predicted molar refractivity (Wildman–Crippen MR) is 82.4 cm³/mol. The number of hydrogen-bond acceptors (Lipinski definition) is 2. The molecule has 0 radical (unpaired) electrons. The van der Waals surface area contributed by atoms with Crippen molar-refractivity contribution in [1.82, 2.24) is 9.88 Å². The molecule has 3 rings (SSSR count). The summed E-state index contributed by atoms with van der Waals surface area (Å²) in [4.78, 5) is 6.65. The topological polar surface area (TPSA) is 16.1 Å². The minimum atomic E-state index is 0.853. The summed E-state index contributed by atoms with van der Waals surface area (Å²) in [6.07, 6.45) is 7.65. The van der Waals surface area contributed by atoms with Gasteiger partial charge in [-0.25, -0.2) is 0 Å². The summed E-state index contributed by atoms with van der Waals surface area (Å²) in [5.74, 6) is 0.853. The zero-order valence-electron chi connectivity index (χ0n) is 11.9. The van der Waals surface area contributed by atoms with Crippen molar-refractivity contribution in [1.29, 1.82) is 0 Å². The summed E-state index contributed by atoms with van der Waals surface area (Å²) < 4.78 is 0. The molecule has 2 heterocycles. The summed E-state index contributed by atoms with van der Waals surface area (Å²) in [5.41, 5.74) is 2.86. The molecule has 1 aromatic heterocycles.